The third-order valence-corrected chi connectivity index (χ3v) is 2.58. The molecule has 0 radical (unpaired) electrons. The number of hydrogen-bond donors (Lipinski definition) is 2. The maximum absolute atomic E-state index is 9.83. The molecule has 0 aliphatic heterocycles. The molecule has 0 aliphatic rings. The summed E-state index contributed by atoms with van der Waals surface area (Å²) in [4.78, 5) is 0. The van der Waals surface area contributed by atoms with Crippen LogP contribution in [0.25, 0.3) is 0 Å². The van der Waals surface area contributed by atoms with E-state index >= 15 is 0 Å². The van der Waals surface area contributed by atoms with E-state index in [1.54, 1.807) is 6.07 Å². The number of nitrogens with zero attached hydrogens (tertiary/aromatic N) is 1. The molecule has 86 valence electrons. The van der Waals surface area contributed by atoms with Gasteiger partial charge in [0, 0.05) is 0 Å². The Hall–Kier alpha value is -1.37. The Labute approximate surface area is 96.0 Å². The number of aliphatic hydroxyl groups is 2. The number of rotatable bonds is 4. The Balaban J connectivity index is 2.87. The first-order valence-electron chi connectivity index (χ1n) is 5.39. The molecule has 1 aromatic rings. The fourth-order valence-electron chi connectivity index (χ4n) is 1.53. The van der Waals surface area contributed by atoms with Gasteiger partial charge in [-0.1, -0.05) is 38.1 Å². The first-order valence-corrected chi connectivity index (χ1v) is 5.39. The van der Waals surface area contributed by atoms with Crippen LogP contribution in [-0.4, -0.2) is 16.3 Å². The van der Waals surface area contributed by atoms with Crippen LogP contribution in [0.5, 0.6) is 0 Å². The van der Waals surface area contributed by atoms with Crippen molar-refractivity contribution in [3.8, 4) is 6.07 Å². The standard InChI is InChI=1S/C13H17NO2/c1-9(2)10-4-3-5-11(8-10)13(16)12(15)6-7-14/h3-5,8-9,12-13,15-16H,6H2,1-2H3. The second-order valence-corrected chi connectivity index (χ2v) is 4.20. The van der Waals surface area contributed by atoms with E-state index in [1.165, 1.54) is 0 Å². The Bertz CT molecular complexity index is 382. The molecule has 0 spiro atoms. The molecule has 2 N–H and O–H groups in total. The van der Waals surface area contributed by atoms with E-state index < -0.39 is 12.2 Å². The van der Waals surface area contributed by atoms with E-state index in [2.05, 4.69) is 13.8 Å². The first kappa shape index (κ1) is 12.7. The van der Waals surface area contributed by atoms with Crippen LogP contribution in [-0.2, 0) is 0 Å². The Morgan fingerprint density at radius 1 is 1.25 bits per heavy atom. The third-order valence-electron chi connectivity index (χ3n) is 2.58. The lowest BCUT2D eigenvalue weighted by Crippen LogP contribution is -2.17. The van der Waals surface area contributed by atoms with Crippen LogP contribution in [0.2, 0.25) is 0 Å². The zero-order valence-electron chi connectivity index (χ0n) is 9.59. The maximum Gasteiger partial charge on any atom is 0.106 e. The van der Waals surface area contributed by atoms with E-state index in [1.807, 2.05) is 24.3 Å². The summed E-state index contributed by atoms with van der Waals surface area (Å²) in [5.74, 6) is 0.375. The van der Waals surface area contributed by atoms with Crippen molar-refractivity contribution >= 4 is 0 Å². The van der Waals surface area contributed by atoms with Crippen LogP contribution >= 0.6 is 0 Å². The second kappa shape index (κ2) is 5.64. The van der Waals surface area contributed by atoms with Crippen molar-refractivity contribution in [2.45, 2.75) is 38.4 Å². The van der Waals surface area contributed by atoms with Gasteiger partial charge in [0.05, 0.1) is 18.6 Å². The van der Waals surface area contributed by atoms with Gasteiger partial charge >= 0.3 is 0 Å². The maximum atomic E-state index is 9.83. The Kier molecular flexibility index (Phi) is 4.48. The first-order chi connectivity index (χ1) is 7.56. The van der Waals surface area contributed by atoms with Gasteiger partial charge in [0.1, 0.15) is 6.10 Å². The summed E-state index contributed by atoms with van der Waals surface area (Å²) in [6.07, 6.45) is -2.07. The van der Waals surface area contributed by atoms with Crippen molar-refractivity contribution in [3.63, 3.8) is 0 Å². The Morgan fingerprint density at radius 3 is 2.44 bits per heavy atom. The number of benzene rings is 1. The highest BCUT2D eigenvalue weighted by Crippen LogP contribution is 2.23. The van der Waals surface area contributed by atoms with Gasteiger partial charge in [0.15, 0.2) is 0 Å². The molecule has 1 aromatic carbocycles. The van der Waals surface area contributed by atoms with Crippen molar-refractivity contribution in [2.75, 3.05) is 0 Å². The smallest absolute Gasteiger partial charge is 0.106 e. The van der Waals surface area contributed by atoms with Crippen LogP contribution in [0.3, 0.4) is 0 Å². The van der Waals surface area contributed by atoms with E-state index in [4.69, 9.17) is 5.26 Å². The molecule has 2 unspecified atom stereocenters. The van der Waals surface area contributed by atoms with Gasteiger partial charge in [-0.15, -0.1) is 0 Å². The van der Waals surface area contributed by atoms with Crippen molar-refractivity contribution in [1.82, 2.24) is 0 Å². The number of nitriles is 1. The summed E-state index contributed by atoms with van der Waals surface area (Å²) < 4.78 is 0. The largest absolute Gasteiger partial charge is 0.389 e. The lowest BCUT2D eigenvalue weighted by molar-refractivity contribution is 0.0216. The molecule has 3 heteroatoms. The Morgan fingerprint density at radius 2 is 1.88 bits per heavy atom. The fraction of sp³-hybridized carbons (Fsp3) is 0.462. The molecule has 2 atom stereocenters. The normalized spacial score (nSPS) is 14.5. The van der Waals surface area contributed by atoms with Gasteiger partial charge in [0.2, 0.25) is 0 Å². The molecule has 0 fully saturated rings. The lowest BCUT2D eigenvalue weighted by atomic mass is 9.96. The van der Waals surface area contributed by atoms with Crippen LogP contribution < -0.4 is 0 Å². The molecule has 0 saturated carbocycles. The van der Waals surface area contributed by atoms with Crippen molar-refractivity contribution in [3.05, 3.63) is 35.4 Å². The average Bonchev–Trinajstić information content (AvgIpc) is 2.28. The van der Waals surface area contributed by atoms with Crippen LogP contribution in [0.1, 0.15) is 43.4 Å². The molecule has 0 amide bonds. The highest BCUT2D eigenvalue weighted by Gasteiger charge is 2.18. The fourth-order valence-corrected chi connectivity index (χ4v) is 1.53. The molecular weight excluding hydrogens is 202 g/mol. The van der Waals surface area contributed by atoms with Gasteiger partial charge in [0.25, 0.3) is 0 Å². The van der Waals surface area contributed by atoms with Gasteiger partial charge in [-0.3, -0.25) is 0 Å². The minimum Gasteiger partial charge on any atom is -0.389 e. The minimum absolute atomic E-state index is 0.0624. The monoisotopic (exact) mass is 219 g/mol. The zero-order chi connectivity index (χ0) is 12.1. The molecule has 3 nitrogen and oxygen atoms in total. The summed E-state index contributed by atoms with van der Waals surface area (Å²) in [6, 6.07) is 9.32. The molecule has 0 aromatic heterocycles. The minimum atomic E-state index is -1.02. The second-order valence-electron chi connectivity index (χ2n) is 4.20. The molecular formula is C13H17NO2. The molecule has 0 aliphatic carbocycles. The van der Waals surface area contributed by atoms with Gasteiger partial charge in [-0.05, 0) is 17.0 Å². The topological polar surface area (TPSA) is 64.2 Å². The summed E-state index contributed by atoms with van der Waals surface area (Å²) in [5.41, 5.74) is 1.77. The van der Waals surface area contributed by atoms with Crippen molar-refractivity contribution in [1.29, 1.82) is 5.26 Å². The highest BCUT2D eigenvalue weighted by molar-refractivity contribution is 5.27. The van der Waals surface area contributed by atoms with Crippen molar-refractivity contribution in [2.24, 2.45) is 0 Å². The number of hydrogen-bond acceptors (Lipinski definition) is 3. The van der Waals surface area contributed by atoms with E-state index in [0.717, 1.165) is 5.56 Å². The van der Waals surface area contributed by atoms with Gasteiger partial charge < -0.3 is 10.2 Å². The summed E-state index contributed by atoms with van der Waals surface area (Å²) in [7, 11) is 0. The van der Waals surface area contributed by atoms with Crippen LogP contribution in [0.4, 0.5) is 0 Å². The third kappa shape index (κ3) is 3.06. The molecule has 1 rings (SSSR count). The number of aliphatic hydroxyl groups excluding tert-OH is 2. The zero-order valence-corrected chi connectivity index (χ0v) is 9.59. The highest BCUT2D eigenvalue weighted by atomic mass is 16.3. The summed E-state index contributed by atoms with van der Waals surface area (Å²) in [6.45, 7) is 4.13. The van der Waals surface area contributed by atoms with Crippen molar-refractivity contribution < 1.29 is 10.2 Å². The van der Waals surface area contributed by atoms with Crippen LogP contribution in [0, 0.1) is 11.3 Å². The molecule has 16 heavy (non-hydrogen) atoms. The summed E-state index contributed by atoms with van der Waals surface area (Å²) >= 11 is 0. The van der Waals surface area contributed by atoms with E-state index in [9.17, 15) is 10.2 Å². The average molecular weight is 219 g/mol. The van der Waals surface area contributed by atoms with Crippen LogP contribution in [0.15, 0.2) is 24.3 Å². The molecule has 0 bridgehead atoms. The van der Waals surface area contributed by atoms with Gasteiger partial charge in [-0.2, -0.15) is 5.26 Å². The lowest BCUT2D eigenvalue weighted by Gasteiger charge is -2.17. The van der Waals surface area contributed by atoms with E-state index in [-0.39, 0.29) is 6.42 Å². The SMILES string of the molecule is CC(C)c1cccc(C(O)C(O)CC#N)c1. The predicted octanol–water partition coefficient (Wildman–Crippen LogP) is 2.12. The van der Waals surface area contributed by atoms with E-state index in [0.29, 0.717) is 11.5 Å². The van der Waals surface area contributed by atoms with Gasteiger partial charge in [-0.25, -0.2) is 0 Å². The predicted molar refractivity (Wildman–Crippen MR) is 61.7 cm³/mol. The quantitative estimate of drug-likeness (QED) is 0.815. The summed E-state index contributed by atoms with van der Waals surface area (Å²) in [5, 5.41) is 27.8. The molecule has 0 heterocycles. The molecule has 0 saturated heterocycles.